The summed E-state index contributed by atoms with van der Waals surface area (Å²) >= 11 is 0. The van der Waals surface area contributed by atoms with E-state index in [9.17, 15) is 13.2 Å². The van der Waals surface area contributed by atoms with Crippen molar-refractivity contribution in [3.8, 4) is 0 Å². The normalized spacial score (nSPS) is 23.9. The second-order valence-corrected chi connectivity index (χ2v) is 4.29. The van der Waals surface area contributed by atoms with Crippen molar-refractivity contribution in [3.63, 3.8) is 0 Å². The number of carbonyl (C=O) groups excluding carboxylic acids is 1. The minimum atomic E-state index is -2.32. The summed E-state index contributed by atoms with van der Waals surface area (Å²) in [7, 11) is 0.846. The molecule has 1 aliphatic rings. The van der Waals surface area contributed by atoms with Crippen molar-refractivity contribution in [1.29, 1.82) is 0 Å². The van der Waals surface area contributed by atoms with Crippen LogP contribution in [0.25, 0.3) is 0 Å². The van der Waals surface area contributed by atoms with Crippen LogP contribution in [0, 0.1) is 5.92 Å². The quantitative estimate of drug-likeness (QED) is 0.309. The van der Waals surface area contributed by atoms with Gasteiger partial charge in [0.2, 0.25) is 16.2 Å². The van der Waals surface area contributed by atoms with Gasteiger partial charge in [-0.15, -0.1) is 0 Å². The van der Waals surface area contributed by atoms with Gasteiger partial charge in [-0.2, -0.15) is 8.42 Å². The van der Waals surface area contributed by atoms with Crippen molar-refractivity contribution in [1.82, 2.24) is 15.3 Å². The van der Waals surface area contributed by atoms with E-state index < -0.39 is 22.1 Å². The Balaban J connectivity index is 2.90. The van der Waals surface area contributed by atoms with Crippen LogP contribution < -0.4 is 5.48 Å². The molecule has 0 atom stereocenters. The molecule has 0 saturated carbocycles. The Labute approximate surface area is 88.8 Å². The first-order valence-electron chi connectivity index (χ1n) is 4.29. The van der Waals surface area contributed by atoms with E-state index in [-0.39, 0.29) is 18.2 Å². The summed E-state index contributed by atoms with van der Waals surface area (Å²) in [6.07, 6.45) is 0. The summed E-state index contributed by atoms with van der Waals surface area (Å²) in [5, 5.41) is 8.62. The van der Waals surface area contributed by atoms with Gasteiger partial charge in [0.15, 0.2) is 5.11 Å². The Morgan fingerprint density at radius 2 is 1.87 bits per heavy atom. The molecule has 0 unspecified atom stereocenters. The van der Waals surface area contributed by atoms with Gasteiger partial charge in [0.05, 0.1) is 5.92 Å². The maximum atomic E-state index is 11.2. The molecular formula is C7H13N3O4S. The van der Waals surface area contributed by atoms with E-state index in [1.807, 2.05) is 0 Å². The first-order valence-corrected chi connectivity index (χ1v) is 5.37. The van der Waals surface area contributed by atoms with Gasteiger partial charge in [-0.05, 0) is 14.1 Å². The second-order valence-electron chi connectivity index (χ2n) is 3.45. The van der Waals surface area contributed by atoms with Gasteiger partial charge in [-0.1, -0.05) is 0 Å². The fourth-order valence-corrected chi connectivity index (χ4v) is 2.34. The molecule has 8 heteroatoms. The molecule has 15 heavy (non-hydrogen) atoms. The van der Waals surface area contributed by atoms with E-state index in [0.29, 0.717) is 0 Å². The molecule has 1 saturated heterocycles. The van der Waals surface area contributed by atoms with E-state index in [1.165, 1.54) is 9.80 Å². The van der Waals surface area contributed by atoms with Gasteiger partial charge >= 0.3 is 0 Å². The van der Waals surface area contributed by atoms with Gasteiger partial charge in [0.25, 0.3) is 0 Å². The number of hydrogen-bond donors (Lipinski definition) is 2. The zero-order valence-electron chi connectivity index (χ0n) is 8.47. The van der Waals surface area contributed by atoms with E-state index in [0.717, 1.165) is 0 Å². The third-order valence-electron chi connectivity index (χ3n) is 2.27. The lowest BCUT2D eigenvalue weighted by Crippen LogP contribution is -2.54. The molecule has 1 heterocycles. The van der Waals surface area contributed by atoms with E-state index in [4.69, 9.17) is 5.21 Å². The number of rotatable bonds is 1. The molecule has 0 radical (unpaired) electrons. The predicted octanol–water partition coefficient (Wildman–Crippen LogP) is -2.05. The highest BCUT2D eigenvalue weighted by Crippen LogP contribution is 2.10. The molecule has 0 aliphatic carbocycles. The molecule has 0 spiro atoms. The van der Waals surface area contributed by atoms with Crippen LogP contribution in [-0.2, 0) is 15.1 Å². The largest absolute Gasteiger partial charge is 0.289 e. The summed E-state index contributed by atoms with van der Waals surface area (Å²) in [6, 6.07) is 0. The highest BCUT2D eigenvalue weighted by molar-refractivity contribution is 7.72. The van der Waals surface area contributed by atoms with Gasteiger partial charge in [-0.3, -0.25) is 19.8 Å². The first kappa shape index (κ1) is 12.1. The molecule has 0 bridgehead atoms. The molecule has 86 valence electrons. The molecule has 1 fully saturated rings. The Kier molecular flexibility index (Phi) is 3.80. The summed E-state index contributed by atoms with van der Waals surface area (Å²) in [5.74, 6) is -0.957. The minimum Gasteiger partial charge on any atom is -0.289 e. The van der Waals surface area contributed by atoms with Crippen LogP contribution in [0.3, 0.4) is 0 Å². The number of hydroxylamine groups is 1. The molecule has 2 N–H and O–H groups in total. The Hall–Kier alpha value is -0.960. The number of hydrogen-bond acceptors (Lipinski definition) is 4. The number of amides is 1. The summed E-state index contributed by atoms with van der Waals surface area (Å²) < 4.78 is 21.7. The van der Waals surface area contributed by atoms with Gasteiger partial charge < -0.3 is 0 Å². The van der Waals surface area contributed by atoms with Crippen molar-refractivity contribution in [2.45, 2.75) is 0 Å². The average Bonchev–Trinajstić information content (AvgIpc) is 2.14. The van der Waals surface area contributed by atoms with Crippen LogP contribution >= 0.6 is 0 Å². The lowest BCUT2D eigenvalue weighted by atomic mass is 10.1. The van der Waals surface area contributed by atoms with Crippen molar-refractivity contribution >= 4 is 21.3 Å². The highest BCUT2D eigenvalue weighted by Gasteiger charge is 2.31. The molecular weight excluding hydrogens is 222 g/mol. The van der Waals surface area contributed by atoms with Crippen LogP contribution in [0.1, 0.15) is 0 Å². The fraction of sp³-hybridized carbons (Fsp3) is 0.714. The summed E-state index contributed by atoms with van der Waals surface area (Å²) in [4.78, 5) is 14.1. The molecule has 7 nitrogen and oxygen atoms in total. The smallest absolute Gasteiger partial charge is 0.249 e. The molecule has 1 amide bonds. The predicted molar refractivity (Wildman–Crippen MR) is 52.6 cm³/mol. The highest BCUT2D eigenvalue weighted by atomic mass is 32.2. The van der Waals surface area contributed by atoms with Gasteiger partial charge in [0, 0.05) is 13.1 Å². The Morgan fingerprint density at radius 3 is 2.20 bits per heavy atom. The lowest BCUT2D eigenvalue weighted by Gasteiger charge is -2.34. The Bertz CT molecular complexity index is 369. The molecule has 1 rings (SSSR count). The average molecular weight is 235 g/mol. The number of nitrogens with zero attached hydrogens (tertiary/aromatic N) is 2. The third-order valence-corrected chi connectivity index (χ3v) is 3.19. The van der Waals surface area contributed by atoms with Crippen LogP contribution in [-0.4, -0.2) is 61.6 Å². The zero-order chi connectivity index (χ0) is 11.6. The standard InChI is InChI=1S/C7H13N3O4S/c1-9-3-5(6(11)8-12)4-10(2)7(9)15(13)14/h5,12H,3-4H2,1-2H3,(H,8,11). The first-order chi connectivity index (χ1) is 6.97. The SMILES string of the molecule is CN1CC(C(=O)NO)CN(C)C1=S(=O)=O. The molecule has 0 aromatic carbocycles. The molecule has 1 aliphatic heterocycles. The van der Waals surface area contributed by atoms with Crippen molar-refractivity contribution < 1.29 is 18.4 Å². The van der Waals surface area contributed by atoms with E-state index in [2.05, 4.69) is 0 Å². The fourth-order valence-electron chi connectivity index (χ4n) is 1.68. The summed E-state index contributed by atoms with van der Waals surface area (Å²) in [6.45, 7) is 0.528. The van der Waals surface area contributed by atoms with Crippen LogP contribution in [0.5, 0.6) is 0 Å². The Morgan fingerprint density at radius 1 is 1.40 bits per heavy atom. The second kappa shape index (κ2) is 4.71. The van der Waals surface area contributed by atoms with Crippen LogP contribution in [0.4, 0.5) is 0 Å². The van der Waals surface area contributed by atoms with E-state index >= 15 is 0 Å². The van der Waals surface area contributed by atoms with Crippen LogP contribution in [0.15, 0.2) is 0 Å². The molecule has 0 aromatic rings. The molecule has 0 aromatic heterocycles. The number of nitrogens with one attached hydrogen (secondary N) is 1. The van der Waals surface area contributed by atoms with Crippen molar-refractivity contribution in [2.75, 3.05) is 27.2 Å². The third kappa shape index (κ3) is 2.53. The van der Waals surface area contributed by atoms with Crippen molar-refractivity contribution in [3.05, 3.63) is 0 Å². The minimum absolute atomic E-state index is 0.150. The van der Waals surface area contributed by atoms with Gasteiger partial charge in [0.1, 0.15) is 0 Å². The lowest BCUT2D eigenvalue weighted by molar-refractivity contribution is -0.134. The maximum absolute atomic E-state index is 11.2. The monoisotopic (exact) mass is 235 g/mol. The maximum Gasteiger partial charge on any atom is 0.249 e. The van der Waals surface area contributed by atoms with E-state index in [1.54, 1.807) is 19.6 Å². The summed E-state index contributed by atoms with van der Waals surface area (Å²) in [5.41, 5.74) is 1.56. The number of carbonyl (C=O) groups is 1. The van der Waals surface area contributed by atoms with Crippen molar-refractivity contribution in [2.24, 2.45) is 5.92 Å². The topological polar surface area (TPSA) is 90.0 Å². The van der Waals surface area contributed by atoms with Gasteiger partial charge in [-0.25, -0.2) is 5.48 Å². The van der Waals surface area contributed by atoms with Crippen LogP contribution in [0.2, 0.25) is 0 Å². The zero-order valence-corrected chi connectivity index (χ0v) is 9.28.